The molecule has 0 aliphatic heterocycles. The van der Waals surface area contributed by atoms with Gasteiger partial charge in [0.05, 0.1) is 6.10 Å². The minimum Gasteiger partial charge on any atom is -0.463 e. The van der Waals surface area contributed by atoms with Gasteiger partial charge in [-0.05, 0) is 19.8 Å². The zero-order valence-corrected chi connectivity index (χ0v) is 25.4. The largest absolute Gasteiger partial charge is 0.463 e. The summed E-state index contributed by atoms with van der Waals surface area (Å²) in [5.74, 6) is -0.150. The smallest absolute Gasteiger partial charge is 0.302 e. The third-order valence-corrected chi connectivity index (χ3v) is 7.83. The molecule has 0 spiro atoms. The van der Waals surface area contributed by atoms with E-state index in [4.69, 9.17) is 4.74 Å². The van der Waals surface area contributed by atoms with Gasteiger partial charge in [-0.15, -0.1) is 0 Å². The molecule has 0 aromatic carbocycles. The van der Waals surface area contributed by atoms with Gasteiger partial charge in [0.2, 0.25) is 0 Å². The number of carbonyl (C=O) groups is 1. The summed E-state index contributed by atoms with van der Waals surface area (Å²) in [7, 11) is 0. The van der Waals surface area contributed by atoms with E-state index in [1.54, 1.807) is 0 Å². The lowest BCUT2D eigenvalue weighted by Gasteiger charge is -2.11. The Balaban J connectivity index is 3.06. The van der Waals surface area contributed by atoms with Crippen molar-refractivity contribution >= 4 is 5.97 Å². The van der Waals surface area contributed by atoms with Crippen molar-refractivity contribution in [1.82, 2.24) is 0 Å². The molecule has 1 unspecified atom stereocenters. The molecule has 2 heteroatoms. The molecule has 1 atom stereocenters. The number of hydrogen-bond acceptors (Lipinski definition) is 2. The van der Waals surface area contributed by atoms with Crippen LogP contribution in [0.1, 0.15) is 207 Å². The van der Waals surface area contributed by atoms with E-state index in [1.165, 1.54) is 187 Å². The first kappa shape index (κ1) is 35.5. The number of hydrogen-bond donors (Lipinski definition) is 0. The van der Waals surface area contributed by atoms with E-state index in [0.717, 1.165) is 6.42 Å². The second-order valence-electron chi connectivity index (χ2n) is 11.8. The third-order valence-electron chi connectivity index (χ3n) is 7.83. The maximum Gasteiger partial charge on any atom is 0.302 e. The van der Waals surface area contributed by atoms with Gasteiger partial charge in [0.25, 0.3) is 0 Å². The van der Waals surface area contributed by atoms with Gasteiger partial charge in [-0.3, -0.25) is 4.79 Å². The summed E-state index contributed by atoms with van der Waals surface area (Å²) < 4.78 is 5.17. The molecule has 0 N–H and O–H groups in total. The van der Waals surface area contributed by atoms with Crippen molar-refractivity contribution in [3.05, 3.63) is 0 Å². The van der Waals surface area contributed by atoms with Gasteiger partial charge in [0.15, 0.2) is 0 Å². The predicted molar refractivity (Wildman–Crippen MR) is 161 cm³/mol. The fourth-order valence-corrected chi connectivity index (χ4v) is 5.44. The van der Waals surface area contributed by atoms with Crippen LogP contribution in [-0.4, -0.2) is 12.1 Å². The first-order valence-corrected chi connectivity index (χ1v) is 16.8. The van der Waals surface area contributed by atoms with Gasteiger partial charge in [0.1, 0.15) is 0 Å². The highest BCUT2D eigenvalue weighted by Gasteiger charge is 2.04. The van der Waals surface area contributed by atoms with Crippen LogP contribution in [-0.2, 0) is 9.53 Å². The molecule has 0 heterocycles. The molecule has 0 radical (unpaired) electrons. The molecule has 0 fully saturated rings. The predicted octanol–water partition coefficient (Wildman–Crippen LogP) is 12.3. The fourth-order valence-electron chi connectivity index (χ4n) is 5.44. The highest BCUT2D eigenvalue weighted by Crippen LogP contribution is 2.16. The van der Waals surface area contributed by atoms with Crippen LogP contribution >= 0.6 is 0 Å². The molecule has 0 aliphatic rings. The Kier molecular flexibility index (Phi) is 30.2. The van der Waals surface area contributed by atoms with E-state index in [1.807, 2.05) is 6.92 Å². The zero-order valence-electron chi connectivity index (χ0n) is 25.4. The minimum absolute atomic E-state index is 0.0894. The fraction of sp³-hybridized carbons (Fsp3) is 0.971. The van der Waals surface area contributed by atoms with E-state index >= 15 is 0 Å². The first-order valence-electron chi connectivity index (χ1n) is 16.8. The van der Waals surface area contributed by atoms with E-state index in [-0.39, 0.29) is 12.1 Å². The maximum absolute atomic E-state index is 10.9. The molecule has 0 aromatic heterocycles. The van der Waals surface area contributed by atoms with Crippen molar-refractivity contribution in [2.24, 2.45) is 0 Å². The average Bonchev–Trinajstić information content (AvgIpc) is 2.85. The van der Waals surface area contributed by atoms with Crippen molar-refractivity contribution in [3.8, 4) is 0 Å². The number of rotatable bonds is 30. The van der Waals surface area contributed by atoms with Gasteiger partial charge < -0.3 is 4.74 Å². The highest BCUT2D eigenvalue weighted by atomic mass is 16.5. The van der Waals surface area contributed by atoms with Crippen LogP contribution < -0.4 is 0 Å². The lowest BCUT2D eigenvalue weighted by molar-refractivity contribution is -0.145. The number of unbranched alkanes of at least 4 members (excludes halogenated alkanes) is 27. The SMILES string of the molecule is CCCCCCCCCCCCCCCCCCCCCCCCCCCCCCC(C)OC(C)=O. The van der Waals surface area contributed by atoms with E-state index < -0.39 is 0 Å². The lowest BCUT2D eigenvalue weighted by Crippen LogP contribution is -2.11. The van der Waals surface area contributed by atoms with Gasteiger partial charge in [-0.1, -0.05) is 180 Å². The van der Waals surface area contributed by atoms with E-state index in [2.05, 4.69) is 6.92 Å². The van der Waals surface area contributed by atoms with Gasteiger partial charge >= 0.3 is 5.97 Å². The van der Waals surface area contributed by atoms with Crippen LogP contribution in [0.3, 0.4) is 0 Å². The molecular formula is C34H68O2. The molecule has 0 aromatic rings. The van der Waals surface area contributed by atoms with Crippen molar-refractivity contribution in [2.75, 3.05) is 0 Å². The van der Waals surface area contributed by atoms with Crippen molar-refractivity contribution in [2.45, 2.75) is 213 Å². The molecule has 0 aliphatic carbocycles. The normalized spacial score (nSPS) is 12.2. The monoisotopic (exact) mass is 509 g/mol. The number of esters is 1. The zero-order chi connectivity index (χ0) is 26.4. The second-order valence-corrected chi connectivity index (χ2v) is 11.8. The Hall–Kier alpha value is -0.530. The molecule has 36 heavy (non-hydrogen) atoms. The topological polar surface area (TPSA) is 26.3 Å². The van der Waals surface area contributed by atoms with Crippen LogP contribution in [0.25, 0.3) is 0 Å². The first-order chi connectivity index (χ1) is 17.7. The summed E-state index contributed by atoms with van der Waals surface area (Å²) in [4.78, 5) is 10.9. The van der Waals surface area contributed by atoms with Crippen LogP contribution in [0.15, 0.2) is 0 Å². The summed E-state index contributed by atoms with van der Waals surface area (Å²) in [6, 6.07) is 0. The molecule has 0 rings (SSSR count). The molecule has 216 valence electrons. The van der Waals surface area contributed by atoms with Crippen LogP contribution in [0, 0.1) is 0 Å². The van der Waals surface area contributed by atoms with E-state index in [9.17, 15) is 4.79 Å². The molecule has 0 saturated carbocycles. The van der Waals surface area contributed by atoms with Crippen LogP contribution in [0.4, 0.5) is 0 Å². The van der Waals surface area contributed by atoms with Crippen molar-refractivity contribution in [1.29, 1.82) is 0 Å². The summed E-state index contributed by atoms with van der Waals surface area (Å²) >= 11 is 0. The molecule has 0 bridgehead atoms. The Morgan fingerprint density at radius 3 is 0.889 bits per heavy atom. The average molecular weight is 509 g/mol. The standard InChI is InChI=1S/C34H68O2/c1-4-5-6-7-8-9-10-11-12-13-14-15-16-17-18-19-20-21-22-23-24-25-26-27-28-29-30-31-32-33(2)36-34(3)35/h33H,4-32H2,1-3H3. The quantitative estimate of drug-likeness (QED) is 0.0712. The van der Waals surface area contributed by atoms with Gasteiger partial charge in [-0.2, -0.15) is 0 Å². The maximum atomic E-state index is 10.9. The van der Waals surface area contributed by atoms with Gasteiger partial charge in [0, 0.05) is 6.92 Å². The summed E-state index contributed by atoms with van der Waals surface area (Å²) in [5.41, 5.74) is 0. The number of carbonyl (C=O) groups excluding carboxylic acids is 1. The lowest BCUT2D eigenvalue weighted by atomic mass is 10.0. The summed E-state index contributed by atoms with van der Waals surface area (Å²) in [6.45, 7) is 5.80. The van der Waals surface area contributed by atoms with Crippen molar-refractivity contribution in [3.63, 3.8) is 0 Å². The Labute approximate surface area is 228 Å². The Bertz CT molecular complexity index is 419. The Morgan fingerprint density at radius 2 is 0.667 bits per heavy atom. The van der Waals surface area contributed by atoms with Crippen LogP contribution in [0.2, 0.25) is 0 Å². The molecule has 0 amide bonds. The minimum atomic E-state index is -0.150. The number of ether oxygens (including phenoxy) is 1. The van der Waals surface area contributed by atoms with E-state index in [0.29, 0.717) is 0 Å². The van der Waals surface area contributed by atoms with Crippen LogP contribution in [0.5, 0.6) is 0 Å². The third kappa shape index (κ3) is 31.5. The van der Waals surface area contributed by atoms with Crippen molar-refractivity contribution < 1.29 is 9.53 Å². The molecule has 2 nitrogen and oxygen atoms in total. The highest BCUT2D eigenvalue weighted by molar-refractivity contribution is 5.66. The molecular weight excluding hydrogens is 440 g/mol. The van der Waals surface area contributed by atoms with Gasteiger partial charge in [-0.25, -0.2) is 0 Å². The Morgan fingerprint density at radius 1 is 0.444 bits per heavy atom. The molecule has 0 saturated heterocycles. The summed E-state index contributed by atoms with van der Waals surface area (Å²) in [6.07, 6.45) is 41.3. The second kappa shape index (κ2) is 30.7. The summed E-state index contributed by atoms with van der Waals surface area (Å²) in [5, 5.41) is 0.